The van der Waals surface area contributed by atoms with E-state index in [2.05, 4.69) is 96.3 Å². The number of ketones is 1. The van der Waals surface area contributed by atoms with E-state index in [9.17, 15) is 10.1 Å². The first-order valence-corrected chi connectivity index (χ1v) is 18.1. The van der Waals surface area contributed by atoms with Crippen molar-refractivity contribution < 1.29 is 4.79 Å². The van der Waals surface area contributed by atoms with Crippen LogP contribution in [0, 0.1) is 18.3 Å². The third-order valence-electron chi connectivity index (χ3n) is 9.09. The van der Waals surface area contributed by atoms with E-state index < -0.39 is 0 Å². The van der Waals surface area contributed by atoms with Gasteiger partial charge >= 0.3 is 0 Å². The van der Waals surface area contributed by atoms with Crippen molar-refractivity contribution in [1.82, 2.24) is 15.6 Å². The minimum Gasteiger partial charge on any atom is -0.394 e. The first-order chi connectivity index (χ1) is 25.3. The van der Waals surface area contributed by atoms with Gasteiger partial charge in [0.05, 0.1) is 5.56 Å². The molecule has 266 valence electrons. The predicted molar refractivity (Wildman–Crippen MR) is 218 cm³/mol. The van der Waals surface area contributed by atoms with Gasteiger partial charge in [-0.1, -0.05) is 67.1 Å². The largest absolute Gasteiger partial charge is 0.394 e. The van der Waals surface area contributed by atoms with Gasteiger partial charge in [-0.25, -0.2) is 0 Å². The number of hydrogen-bond acceptors (Lipinski definition) is 6. The van der Waals surface area contributed by atoms with Gasteiger partial charge in [0.2, 0.25) is 0 Å². The summed E-state index contributed by atoms with van der Waals surface area (Å²) in [5.74, 6) is -0.128. The lowest BCUT2D eigenvalue weighted by Gasteiger charge is -2.16. The molecule has 0 saturated carbocycles. The monoisotopic (exact) mass is 709 g/mol. The topological polar surface area (TPSA) is 90.2 Å². The number of aliphatic imine (C=N–C) groups is 1. The van der Waals surface area contributed by atoms with Crippen LogP contribution in [0.5, 0.6) is 0 Å². The molecular weight excluding hydrogens is 662 g/mol. The van der Waals surface area contributed by atoms with Crippen LogP contribution in [-0.4, -0.2) is 37.6 Å². The Kier molecular flexibility index (Phi) is 15.5. The van der Waals surface area contributed by atoms with Crippen molar-refractivity contribution in [2.24, 2.45) is 4.99 Å². The second-order valence-electron chi connectivity index (χ2n) is 12.6. The van der Waals surface area contributed by atoms with Crippen LogP contribution >= 0.6 is 11.6 Å². The van der Waals surface area contributed by atoms with Crippen molar-refractivity contribution in [3.05, 3.63) is 165 Å². The van der Waals surface area contributed by atoms with Gasteiger partial charge in [0.1, 0.15) is 6.07 Å². The number of aromatic nitrogens is 1. The lowest BCUT2D eigenvalue weighted by molar-refractivity contribution is -0.111. The van der Waals surface area contributed by atoms with Crippen LogP contribution in [0.2, 0.25) is 5.02 Å². The maximum Gasteiger partial charge on any atom is 0.185 e. The van der Waals surface area contributed by atoms with E-state index in [4.69, 9.17) is 11.6 Å². The van der Waals surface area contributed by atoms with Gasteiger partial charge in [0, 0.05) is 42.8 Å². The third-order valence-corrected chi connectivity index (χ3v) is 9.45. The second-order valence-corrected chi connectivity index (χ2v) is 13.0. The van der Waals surface area contributed by atoms with Crippen LogP contribution in [0.3, 0.4) is 0 Å². The van der Waals surface area contributed by atoms with Crippen molar-refractivity contribution in [2.45, 2.75) is 52.4 Å². The number of pyridine rings is 1. The molecule has 2 N–H and O–H groups in total. The molecule has 0 radical (unpaired) electrons. The predicted octanol–water partition coefficient (Wildman–Crippen LogP) is 9.15. The molecule has 1 aromatic heterocycles. The number of nitrogens with zero attached hydrogens (tertiary/aromatic N) is 3. The number of rotatable bonds is 19. The number of allylic oxidation sites excluding steroid dienone is 3. The van der Waals surface area contributed by atoms with E-state index in [1.165, 1.54) is 28.5 Å². The highest BCUT2D eigenvalue weighted by Crippen LogP contribution is 2.31. The summed E-state index contributed by atoms with van der Waals surface area (Å²) in [5, 5.41) is 16.4. The zero-order valence-corrected chi connectivity index (χ0v) is 31.3. The Hall–Kier alpha value is -5.35. The van der Waals surface area contributed by atoms with Gasteiger partial charge in [-0.15, -0.1) is 6.58 Å². The summed E-state index contributed by atoms with van der Waals surface area (Å²) < 4.78 is 0. The molecule has 0 fully saturated rings. The van der Waals surface area contributed by atoms with Crippen LogP contribution < -0.4 is 10.6 Å². The van der Waals surface area contributed by atoms with Crippen molar-refractivity contribution in [1.29, 1.82) is 5.26 Å². The van der Waals surface area contributed by atoms with E-state index in [0.717, 1.165) is 83.5 Å². The molecule has 0 aliphatic rings. The number of aryl methyl sites for hydroxylation is 5. The molecule has 0 aliphatic carbocycles. The summed E-state index contributed by atoms with van der Waals surface area (Å²) in [6.45, 7) is 12.8. The maximum atomic E-state index is 13.4. The molecule has 6 nitrogen and oxygen atoms in total. The quantitative estimate of drug-likeness (QED) is 0.0333. The Morgan fingerprint density at radius 3 is 2.54 bits per heavy atom. The van der Waals surface area contributed by atoms with Gasteiger partial charge in [-0.3, -0.25) is 14.8 Å². The molecule has 1 heterocycles. The van der Waals surface area contributed by atoms with Gasteiger partial charge < -0.3 is 10.6 Å². The minimum absolute atomic E-state index is 0.128. The fourth-order valence-corrected chi connectivity index (χ4v) is 6.48. The van der Waals surface area contributed by atoms with E-state index in [0.29, 0.717) is 17.7 Å². The fourth-order valence-electron chi connectivity index (χ4n) is 6.20. The first-order valence-electron chi connectivity index (χ1n) is 17.7. The Morgan fingerprint density at radius 1 is 1.00 bits per heavy atom. The Morgan fingerprint density at radius 2 is 1.79 bits per heavy atom. The number of nitrogens with one attached hydrogen (secondary N) is 2. The van der Waals surface area contributed by atoms with Crippen LogP contribution in [0.15, 0.2) is 121 Å². The molecule has 0 amide bonds. The Labute approximate surface area is 314 Å². The van der Waals surface area contributed by atoms with E-state index >= 15 is 0 Å². The number of hydrogen-bond donors (Lipinski definition) is 2. The Balaban J connectivity index is 1.57. The molecule has 0 atom stereocenters. The second kappa shape index (κ2) is 20.5. The van der Waals surface area contributed by atoms with Gasteiger partial charge in [0.15, 0.2) is 5.78 Å². The molecule has 0 bridgehead atoms. The van der Waals surface area contributed by atoms with Crippen molar-refractivity contribution in [3.63, 3.8) is 0 Å². The smallest absolute Gasteiger partial charge is 0.185 e. The summed E-state index contributed by atoms with van der Waals surface area (Å²) >= 11 is 6.86. The van der Waals surface area contributed by atoms with E-state index in [1.807, 2.05) is 49.8 Å². The minimum atomic E-state index is -0.128. The molecule has 0 aliphatic heterocycles. The summed E-state index contributed by atoms with van der Waals surface area (Å²) in [6, 6.07) is 23.2. The molecule has 7 heteroatoms. The average molecular weight is 710 g/mol. The SMILES string of the molecule is C=CCCNC/C(=C/N=C)C(=O)/C=C(\C=C/NC)c1cccc(-c2cccc(CCc3cc(CCc4cncc(C#N)c4)c(CC)cc3Cl)c2C)c1. The highest BCUT2D eigenvalue weighted by Gasteiger charge is 2.14. The van der Waals surface area contributed by atoms with Crippen molar-refractivity contribution in [3.8, 4) is 17.2 Å². The number of halogens is 1. The summed E-state index contributed by atoms with van der Waals surface area (Å²) in [6.07, 6.45) is 17.2. The molecule has 52 heavy (non-hydrogen) atoms. The molecule has 0 saturated heterocycles. The highest BCUT2D eigenvalue weighted by atomic mass is 35.5. The van der Waals surface area contributed by atoms with Crippen LogP contribution in [-0.2, 0) is 36.9 Å². The standard InChI is InChI=1S/C45H48ClN5O/c1-6-8-20-50-31-42(30-49-5)45(52)26-39(19-21-48-4)37-12-9-13-40(23-37)43-14-10-11-36(32(43)3)17-18-41-24-38(35(7-2)25-44(41)46)16-15-33-22-34(27-47)29-51-28-33/h6,9-14,19,21-26,28-30,48,50H,1,5,7-8,15-18,20,31H2,2-4H3/b21-19-,39-26+,42-30-. The number of carbonyl (C=O) groups is 1. The normalized spacial score (nSPS) is 11.8. The van der Waals surface area contributed by atoms with E-state index in [1.54, 1.807) is 12.3 Å². The zero-order chi connectivity index (χ0) is 37.3. The Bertz CT molecular complexity index is 2020. The van der Waals surface area contributed by atoms with Crippen LogP contribution in [0.1, 0.15) is 57.9 Å². The zero-order valence-electron chi connectivity index (χ0n) is 30.5. The van der Waals surface area contributed by atoms with Crippen molar-refractivity contribution in [2.75, 3.05) is 20.1 Å². The molecule has 4 aromatic rings. The molecule has 0 spiro atoms. The van der Waals surface area contributed by atoms with Gasteiger partial charge in [-0.2, -0.15) is 5.26 Å². The summed E-state index contributed by atoms with van der Waals surface area (Å²) in [5.41, 5.74) is 12.3. The van der Waals surface area contributed by atoms with Gasteiger partial charge in [0.25, 0.3) is 0 Å². The number of nitriles is 1. The average Bonchev–Trinajstić information content (AvgIpc) is 3.17. The lowest BCUT2D eigenvalue weighted by Crippen LogP contribution is -2.21. The summed E-state index contributed by atoms with van der Waals surface area (Å²) in [4.78, 5) is 21.5. The molecular formula is C45H48ClN5O. The first kappa shape index (κ1) is 39.4. The molecule has 0 unspecified atom stereocenters. The number of benzene rings is 3. The van der Waals surface area contributed by atoms with E-state index in [-0.39, 0.29) is 5.78 Å². The lowest BCUT2D eigenvalue weighted by atomic mass is 9.90. The number of carbonyl (C=O) groups excluding carboxylic acids is 1. The van der Waals surface area contributed by atoms with Crippen molar-refractivity contribution >= 4 is 29.7 Å². The fraction of sp³-hybridized carbons (Fsp3) is 0.244. The van der Waals surface area contributed by atoms with Gasteiger partial charge in [-0.05, 0) is 151 Å². The summed E-state index contributed by atoms with van der Waals surface area (Å²) in [7, 11) is 1.83. The molecule has 3 aromatic carbocycles. The highest BCUT2D eigenvalue weighted by molar-refractivity contribution is 6.31. The van der Waals surface area contributed by atoms with Crippen LogP contribution in [0.4, 0.5) is 0 Å². The molecule has 4 rings (SSSR count). The maximum absolute atomic E-state index is 13.4. The third kappa shape index (κ3) is 11.1. The van der Waals surface area contributed by atoms with Crippen LogP contribution in [0.25, 0.3) is 16.7 Å².